The summed E-state index contributed by atoms with van der Waals surface area (Å²) in [5, 5.41) is 2.80. The van der Waals surface area contributed by atoms with Crippen molar-refractivity contribution in [3.05, 3.63) is 60.2 Å². The number of piperazine rings is 1. The molecule has 3 nitrogen and oxygen atoms in total. The number of aryl methyl sites for hydroxylation is 1. The van der Waals surface area contributed by atoms with Gasteiger partial charge in [-0.15, -0.1) is 0 Å². The molecule has 2 bridgehead atoms. The lowest BCUT2D eigenvalue weighted by Gasteiger charge is -2.37. The van der Waals surface area contributed by atoms with Gasteiger partial charge in [0.05, 0.1) is 0 Å². The Hall–Kier alpha value is -2.10. The molecule has 6 rings (SSSR count). The van der Waals surface area contributed by atoms with Crippen LogP contribution < -0.4 is 0 Å². The number of allylic oxidation sites excluding steroid dienone is 2. The van der Waals surface area contributed by atoms with Crippen molar-refractivity contribution in [3.8, 4) is 0 Å². The number of benzene rings is 2. The first-order valence-electron chi connectivity index (χ1n) is 11.9. The molecule has 1 saturated heterocycles. The first kappa shape index (κ1) is 18.7. The second-order valence-electron chi connectivity index (χ2n) is 9.73. The minimum atomic E-state index is 0.880. The van der Waals surface area contributed by atoms with E-state index in [4.69, 9.17) is 0 Å². The fourth-order valence-electron chi connectivity index (χ4n) is 6.36. The number of aromatic nitrogens is 1. The monoisotopic (exact) mass is 399 g/mol. The van der Waals surface area contributed by atoms with Gasteiger partial charge in [0, 0.05) is 67.6 Å². The summed E-state index contributed by atoms with van der Waals surface area (Å²) in [5.41, 5.74) is 4.18. The Bertz CT molecular complexity index is 1090. The molecule has 1 saturated carbocycles. The minimum absolute atomic E-state index is 0.880. The van der Waals surface area contributed by atoms with E-state index in [0.717, 1.165) is 30.8 Å². The van der Waals surface area contributed by atoms with E-state index in [9.17, 15) is 0 Å². The summed E-state index contributed by atoms with van der Waals surface area (Å²) >= 11 is 0. The van der Waals surface area contributed by atoms with E-state index in [-0.39, 0.29) is 0 Å². The van der Waals surface area contributed by atoms with Gasteiger partial charge in [-0.3, -0.25) is 4.90 Å². The van der Waals surface area contributed by atoms with Gasteiger partial charge in [0.15, 0.2) is 0 Å². The molecule has 3 heteroatoms. The zero-order valence-electron chi connectivity index (χ0n) is 18.1. The lowest BCUT2D eigenvalue weighted by Crippen LogP contribution is -2.47. The molecular weight excluding hydrogens is 366 g/mol. The van der Waals surface area contributed by atoms with Crippen LogP contribution in [-0.4, -0.2) is 47.1 Å². The molecule has 1 aromatic heterocycles. The van der Waals surface area contributed by atoms with Crippen molar-refractivity contribution in [2.75, 3.05) is 32.7 Å². The van der Waals surface area contributed by atoms with E-state index in [1.165, 1.54) is 72.9 Å². The van der Waals surface area contributed by atoms with E-state index < -0.39 is 0 Å². The highest BCUT2D eigenvalue weighted by atomic mass is 15.3. The van der Waals surface area contributed by atoms with Crippen molar-refractivity contribution in [3.63, 3.8) is 0 Å². The summed E-state index contributed by atoms with van der Waals surface area (Å²) in [6, 6.07) is 16.0. The summed E-state index contributed by atoms with van der Waals surface area (Å²) in [7, 11) is 0. The molecular formula is C27H33N3. The topological polar surface area (TPSA) is 11.4 Å². The maximum Gasteiger partial charge on any atom is 0.0491 e. The van der Waals surface area contributed by atoms with Gasteiger partial charge in [0.2, 0.25) is 0 Å². The van der Waals surface area contributed by atoms with Crippen LogP contribution in [0.1, 0.15) is 25.3 Å². The van der Waals surface area contributed by atoms with Gasteiger partial charge in [-0.25, -0.2) is 0 Å². The van der Waals surface area contributed by atoms with Crippen molar-refractivity contribution in [1.82, 2.24) is 14.4 Å². The molecule has 2 fully saturated rings. The number of nitrogens with zero attached hydrogens (tertiary/aromatic N) is 3. The third kappa shape index (κ3) is 3.19. The molecule has 0 unspecified atom stereocenters. The van der Waals surface area contributed by atoms with Crippen LogP contribution in [0.15, 0.2) is 54.6 Å². The molecule has 0 spiro atoms. The van der Waals surface area contributed by atoms with E-state index in [0.29, 0.717) is 0 Å². The molecule has 0 N–H and O–H groups in total. The van der Waals surface area contributed by atoms with Crippen molar-refractivity contribution in [2.24, 2.45) is 17.8 Å². The molecule has 1 aliphatic heterocycles. The van der Waals surface area contributed by atoms with Crippen molar-refractivity contribution >= 4 is 21.8 Å². The average molecular weight is 400 g/mol. The van der Waals surface area contributed by atoms with Gasteiger partial charge < -0.3 is 9.47 Å². The Morgan fingerprint density at radius 2 is 1.63 bits per heavy atom. The molecule has 2 aliphatic carbocycles. The summed E-state index contributed by atoms with van der Waals surface area (Å²) < 4.78 is 2.44. The van der Waals surface area contributed by atoms with E-state index in [1.54, 1.807) is 0 Å². The quantitative estimate of drug-likeness (QED) is 0.550. The number of para-hydroxylation sites is 1. The van der Waals surface area contributed by atoms with Gasteiger partial charge in [0.25, 0.3) is 0 Å². The summed E-state index contributed by atoms with van der Waals surface area (Å²) in [5.74, 6) is 2.70. The van der Waals surface area contributed by atoms with Crippen molar-refractivity contribution in [1.29, 1.82) is 0 Å². The Morgan fingerprint density at radius 1 is 0.833 bits per heavy atom. The molecule has 3 atom stereocenters. The summed E-state index contributed by atoms with van der Waals surface area (Å²) in [4.78, 5) is 5.38. The maximum atomic E-state index is 2.73. The highest BCUT2D eigenvalue weighted by molar-refractivity contribution is 6.08. The molecule has 3 aromatic rings. The number of rotatable bonds is 5. The average Bonchev–Trinajstić information content (AvgIpc) is 3.48. The molecule has 2 aromatic carbocycles. The van der Waals surface area contributed by atoms with Crippen LogP contribution in [0.5, 0.6) is 0 Å². The van der Waals surface area contributed by atoms with Gasteiger partial charge in [0.1, 0.15) is 0 Å². The Kier molecular flexibility index (Phi) is 4.69. The van der Waals surface area contributed by atoms with E-state index in [1.807, 2.05) is 0 Å². The van der Waals surface area contributed by atoms with Crippen LogP contribution in [0.4, 0.5) is 0 Å². The summed E-state index contributed by atoms with van der Waals surface area (Å²) in [6.45, 7) is 10.5. The lowest BCUT2D eigenvalue weighted by atomic mass is 9.93. The molecule has 30 heavy (non-hydrogen) atoms. The van der Waals surface area contributed by atoms with Crippen molar-refractivity contribution in [2.45, 2.75) is 32.9 Å². The van der Waals surface area contributed by atoms with Gasteiger partial charge in [-0.2, -0.15) is 0 Å². The van der Waals surface area contributed by atoms with Gasteiger partial charge in [-0.1, -0.05) is 36.4 Å². The maximum absolute atomic E-state index is 2.73. The zero-order chi connectivity index (χ0) is 20.1. The van der Waals surface area contributed by atoms with Crippen LogP contribution in [-0.2, 0) is 13.1 Å². The zero-order valence-corrected chi connectivity index (χ0v) is 18.1. The minimum Gasteiger partial charge on any atom is -0.341 e. The highest BCUT2D eigenvalue weighted by Crippen LogP contribution is 2.43. The lowest BCUT2D eigenvalue weighted by molar-refractivity contribution is 0.108. The molecule has 156 valence electrons. The van der Waals surface area contributed by atoms with Crippen molar-refractivity contribution < 1.29 is 0 Å². The third-order valence-corrected chi connectivity index (χ3v) is 7.93. The SMILES string of the molecule is CCn1c2ccccc2c2cc(CN3CCN(C[C@@H]4C[C@@H]5C=C[C@@H]4C5)CC3)ccc21. The number of hydrogen-bond donors (Lipinski definition) is 0. The smallest absolute Gasteiger partial charge is 0.0491 e. The largest absolute Gasteiger partial charge is 0.341 e. The van der Waals surface area contributed by atoms with Crippen LogP contribution in [0.3, 0.4) is 0 Å². The standard InChI is InChI=1S/C27H33N3/c1-2-30-26-6-4-3-5-24(26)25-17-21(8-10-27(25)30)18-28-11-13-29(14-12-28)19-23-16-20-7-9-22(23)15-20/h3-10,17,20,22-23H,2,11-16,18-19H2,1H3/t20-,22-,23+/m1/s1. The Labute approximate surface area is 180 Å². The highest BCUT2D eigenvalue weighted by Gasteiger charge is 2.36. The third-order valence-electron chi connectivity index (χ3n) is 7.93. The molecule has 0 amide bonds. The molecule has 3 aliphatic rings. The van der Waals surface area contributed by atoms with Crippen LogP contribution in [0.2, 0.25) is 0 Å². The van der Waals surface area contributed by atoms with Crippen LogP contribution in [0.25, 0.3) is 21.8 Å². The van der Waals surface area contributed by atoms with Gasteiger partial charge in [-0.05, 0) is 61.3 Å². The number of fused-ring (bicyclic) bond motifs is 5. The molecule has 2 heterocycles. The first-order chi connectivity index (χ1) is 14.8. The van der Waals surface area contributed by atoms with E-state index >= 15 is 0 Å². The Balaban J connectivity index is 1.13. The Morgan fingerprint density at radius 3 is 2.40 bits per heavy atom. The normalized spacial score (nSPS) is 27.0. The van der Waals surface area contributed by atoms with Gasteiger partial charge >= 0.3 is 0 Å². The fraction of sp³-hybridized carbons (Fsp3) is 0.481. The number of hydrogen-bond acceptors (Lipinski definition) is 2. The first-order valence-corrected chi connectivity index (χ1v) is 11.9. The second kappa shape index (κ2) is 7.55. The summed E-state index contributed by atoms with van der Waals surface area (Å²) in [6.07, 6.45) is 7.84. The van der Waals surface area contributed by atoms with E-state index in [2.05, 4.69) is 75.9 Å². The second-order valence-corrected chi connectivity index (χ2v) is 9.73. The predicted molar refractivity (Wildman–Crippen MR) is 126 cm³/mol. The van der Waals surface area contributed by atoms with Crippen LogP contribution in [0, 0.1) is 17.8 Å². The molecule has 0 radical (unpaired) electrons. The predicted octanol–water partition coefficient (Wildman–Crippen LogP) is 5.14. The van der Waals surface area contributed by atoms with Crippen LogP contribution >= 0.6 is 0 Å². The fourth-order valence-corrected chi connectivity index (χ4v) is 6.36.